The Balaban J connectivity index is 1.56. The van der Waals surface area contributed by atoms with Crippen LogP contribution in [0.15, 0.2) is 103 Å². The third-order valence-electron chi connectivity index (χ3n) is 5.81. The standard InChI is InChI=1S/C31H28N2O6/c1-37-29(34)24-17-25(30(35)38-2)19-26(18-24)32-31(36)33(20-22-9-5-3-6-10-22)21-23-13-15-28(16-14-23)39-27-11-7-4-8-12-27/h3-19H,20-21H2,1-2H3,(H,32,36). The number of rotatable bonds is 9. The van der Waals surface area contributed by atoms with Crippen LogP contribution in [0, 0.1) is 0 Å². The molecule has 1 N–H and O–H groups in total. The van der Waals surface area contributed by atoms with E-state index in [1.807, 2.05) is 84.9 Å². The van der Waals surface area contributed by atoms with Crippen molar-refractivity contribution in [2.24, 2.45) is 0 Å². The molecule has 0 radical (unpaired) electrons. The van der Waals surface area contributed by atoms with E-state index in [1.54, 1.807) is 4.90 Å². The number of para-hydroxylation sites is 1. The molecule has 4 aromatic rings. The number of methoxy groups -OCH3 is 2. The van der Waals surface area contributed by atoms with E-state index in [0.29, 0.717) is 18.8 Å². The van der Waals surface area contributed by atoms with E-state index in [1.165, 1.54) is 32.4 Å². The molecule has 8 heteroatoms. The SMILES string of the molecule is COC(=O)c1cc(NC(=O)N(Cc2ccccc2)Cc2ccc(Oc3ccccc3)cc2)cc(C(=O)OC)c1. The second-order valence-corrected chi connectivity index (χ2v) is 8.61. The highest BCUT2D eigenvalue weighted by molar-refractivity contribution is 5.99. The van der Waals surface area contributed by atoms with Gasteiger partial charge < -0.3 is 24.4 Å². The third-order valence-corrected chi connectivity index (χ3v) is 5.81. The number of urea groups is 1. The predicted octanol–water partition coefficient (Wildman–Crippen LogP) is 6.29. The molecule has 4 rings (SSSR count). The zero-order valence-electron chi connectivity index (χ0n) is 21.6. The quantitative estimate of drug-likeness (QED) is 0.259. The Hall–Kier alpha value is -5.11. The summed E-state index contributed by atoms with van der Waals surface area (Å²) in [5.74, 6) is 0.125. The van der Waals surface area contributed by atoms with E-state index in [9.17, 15) is 14.4 Å². The normalized spacial score (nSPS) is 10.3. The summed E-state index contributed by atoms with van der Waals surface area (Å²) in [5, 5.41) is 2.81. The van der Waals surface area contributed by atoms with Gasteiger partial charge in [0.1, 0.15) is 11.5 Å². The van der Waals surface area contributed by atoms with E-state index in [4.69, 9.17) is 14.2 Å². The van der Waals surface area contributed by atoms with Crippen LogP contribution in [-0.4, -0.2) is 37.1 Å². The van der Waals surface area contributed by atoms with Gasteiger partial charge in [-0.05, 0) is 53.6 Å². The highest BCUT2D eigenvalue weighted by atomic mass is 16.5. The van der Waals surface area contributed by atoms with Crippen LogP contribution in [0.2, 0.25) is 0 Å². The van der Waals surface area contributed by atoms with Gasteiger partial charge >= 0.3 is 18.0 Å². The molecule has 0 atom stereocenters. The fraction of sp³-hybridized carbons (Fsp3) is 0.129. The molecule has 0 saturated heterocycles. The van der Waals surface area contributed by atoms with Gasteiger partial charge in [0.2, 0.25) is 0 Å². The largest absolute Gasteiger partial charge is 0.465 e. The van der Waals surface area contributed by atoms with Gasteiger partial charge in [-0.15, -0.1) is 0 Å². The summed E-state index contributed by atoms with van der Waals surface area (Å²) in [6.07, 6.45) is 0. The summed E-state index contributed by atoms with van der Waals surface area (Å²) in [5.41, 5.74) is 2.31. The first kappa shape index (κ1) is 26.9. The average Bonchev–Trinajstić information content (AvgIpc) is 2.97. The Labute approximate surface area is 226 Å². The molecule has 0 heterocycles. The number of ether oxygens (including phenoxy) is 3. The van der Waals surface area contributed by atoms with Crippen LogP contribution in [0.4, 0.5) is 10.5 Å². The number of hydrogen-bond donors (Lipinski definition) is 1. The summed E-state index contributed by atoms with van der Waals surface area (Å²) in [7, 11) is 2.48. The molecular weight excluding hydrogens is 496 g/mol. The molecule has 8 nitrogen and oxygen atoms in total. The van der Waals surface area contributed by atoms with Crippen molar-refractivity contribution in [3.8, 4) is 11.5 Å². The molecule has 0 aromatic heterocycles. The van der Waals surface area contributed by atoms with Crippen molar-refractivity contribution in [3.05, 3.63) is 125 Å². The third kappa shape index (κ3) is 7.45. The first-order valence-electron chi connectivity index (χ1n) is 12.2. The minimum Gasteiger partial charge on any atom is -0.465 e. The van der Waals surface area contributed by atoms with Crippen LogP contribution in [0.25, 0.3) is 0 Å². The van der Waals surface area contributed by atoms with Gasteiger partial charge in [0.15, 0.2) is 0 Å². The number of benzene rings is 4. The van der Waals surface area contributed by atoms with Crippen LogP contribution in [-0.2, 0) is 22.6 Å². The number of anilines is 1. The van der Waals surface area contributed by atoms with E-state index in [0.717, 1.165) is 16.9 Å². The van der Waals surface area contributed by atoms with Crippen LogP contribution < -0.4 is 10.1 Å². The maximum atomic E-state index is 13.5. The number of carbonyl (C=O) groups is 3. The molecule has 0 aliphatic carbocycles. The van der Waals surface area contributed by atoms with Crippen molar-refractivity contribution >= 4 is 23.7 Å². The highest BCUT2D eigenvalue weighted by Gasteiger charge is 2.19. The summed E-state index contributed by atoms with van der Waals surface area (Å²) in [4.78, 5) is 39.5. The average molecular weight is 525 g/mol. The maximum absolute atomic E-state index is 13.5. The summed E-state index contributed by atoms with van der Waals surface area (Å²) >= 11 is 0. The Bertz CT molecular complexity index is 1390. The second kappa shape index (κ2) is 12.9. The number of carbonyl (C=O) groups excluding carboxylic acids is 3. The first-order valence-corrected chi connectivity index (χ1v) is 12.2. The number of nitrogens with one attached hydrogen (secondary N) is 1. The van der Waals surface area contributed by atoms with Crippen molar-refractivity contribution in [2.45, 2.75) is 13.1 Å². The molecule has 0 spiro atoms. The van der Waals surface area contributed by atoms with E-state index in [-0.39, 0.29) is 16.8 Å². The van der Waals surface area contributed by atoms with Gasteiger partial charge in [-0.3, -0.25) is 0 Å². The molecule has 2 amide bonds. The highest BCUT2D eigenvalue weighted by Crippen LogP contribution is 2.23. The zero-order chi connectivity index (χ0) is 27.6. The van der Waals surface area contributed by atoms with Crippen LogP contribution in [0.5, 0.6) is 11.5 Å². The zero-order valence-corrected chi connectivity index (χ0v) is 21.6. The fourth-order valence-electron chi connectivity index (χ4n) is 3.88. The van der Waals surface area contributed by atoms with Crippen LogP contribution >= 0.6 is 0 Å². The molecule has 0 bridgehead atoms. The maximum Gasteiger partial charge on any atom is 0.337 e. The van der Waals surface area contributed by atoms with Crippen molar-refractivity contribution in [1.82, 2.24) is 4.90 Å². The molecule has 39 heavy (non-hydrogen) atoms. The monoisotopic (exact) mass is 524 g/mol. The topological polar surface area (TPSA) is 94.2 Å². The fourth-order valence-corrected chi connectivity index (χ4v) is 3.88. The smallest absolute Gasteiger partial charge is 0.337 e. The molecule has 0 saturated carbocycles. The van der Waals surface area contributed by atoms with Gasteiger partial charge in [0, 0.05) is 18.8 Å². The Morgan fingerprint density at radius 3 is 1.67 bits per heavy atom. The minimum atomic E-state index is -0.643. The van der Waals surface area contributed by atoms with E-state index in [2.05, 4.69) is 5.32 Å². The van der Waals surface area contributed by atoms with Gasteiger partial charge in [0.05, 0.1) is 25.3 Å². The van der Waals surface area contributed by atoms with Gasteiger partial charge in [-0.1, -0.05) is 60.7 Å². The molecule has 198 valence electrons. The molecule has 0 fully saturated rings. The minimum absolute atomic E-state index is 0.110. The number of amides is 2. The molecular formula is C31H28N2O6. The molecule has 0 unspecified atom stereocenters. The number of hydrogen-bond acceptors (Lipinski definition) is 6. The van der Waals surface area contributed by atoms with Gasteiger partial charge in [-0.2, -0.15) is 0 Å². The predicted molar refractivity (Wildman–Crippen MR) is 147 cm³/mol. The van der Waals surface area contributed by atoms with Crippen molar-refractivity contribution in [3.63, 3.8) is 0 Å². The van der Waals surface area contributed by atoms with E-state index < -0.39 is 18.0 Å². The summed E-state index contributed by atoms with van der Waals surface area (Å²) in [6, 6.07) is 30.4. The summed E-state index contributed by atoms with van der Waals surface area (Å²) < 4.78 is 15.5. The molecule has 4 aromatic carbocycles. The van der Waals surface area contributed by atoms with E-state index >= 15 is 0 Å². The van der Waals surface area contributed by atoms with Crippen LogP contribution in [0.3, 0.4) is 0 Å². The Morgan fingerprint density at radius 1 is 0.641 bits per heavy atom. The lowest BCUT2D eigenvalue weighted by atomic mass is 10.1. The number of nitrogens with zero attached hydrogens (tertiary/aromatic N) is 1. The second-order valence-electron chi connectivity index (χ2n) is 8.61. The van der Waals surface area contributed by atoms with Crippen molar-refractivity contribution < 1.29 is 28.6 Å². The molecule has 0 aliphatic heterocycles. The van der Waals surface area contributed by atoms with Gasteiger partial charge in [0.25, 0.3) is 0 Å². The van der Waals surface area contributed by atoms with Crippen molar-refractivity contribution in [1.29, 1.82) is 0 Å². The number of esters is 2. The summed E-state index contributed by atoms with van der Waals surface area (Å²) in [6.45, 7) is 0.627. The lowest BCUT2D eigenvalue weighted by molar-refractivity contribution is 0.0599. The Kier molecular flexibility index (Phi) is 8.92. The first-order chi connectivity index (χ1) is 18.9. The Morgan fingerprint density at radius 2 is 1.13 bits per heavy atom. The lowest BCUT2D eigenvalue weighted by Crippen LogP contribution is -2.34. The molecule has 0 aliphatic rings. The lowest BCUT2D eigenvalue weighted by Gasteiger charge is -2.24. The van der Waals surface area contributed by atoms with Crippen LogP contribution in [0.1, 0.15) is 31.8 Å². The van der Waals surface area contributed by atoms with Gasteiger partial charge in [-0.25, -0.2) is 14.4 Å². The van der Waals surface area contributed by atoms with Crippen molar-refractivity contribution in [2.75, 3.05) is 19.5 Å².